The van der Waals surface area contributed by atoms with Crippen LogP contribution in [-0.2, 0) is 0 Å². The minimum atomic E-state index is -0.0513. The molecule has 0 aliphatic rings. The first-order chi connectivity index (χ1) is 11.8. The zero-order valence-corrected chi connectivity index (χ0v) is 13.4. The van der Waals surface area contributed by atoms with E-state index in [1.54, 1.807) is 11.9 Å². The van der Waals surface area contributed by atoms with E-state index >= 15 is 0 Å². The van der Waals surface area contributed by atoms with Gasteiger partial charge in [0.25, 0.3) is 5.91 Å². The number of hydrogen-bond donors (Lipinski definition) is 0. The molecule has 0 aromatic heterocycles. The third-order valence-electron chi connectivity index (χ3n) is 3.71. The van der Waals surface area contributed by atoms with Crippen molar-refractivity contribution in [2.75, 3.05) is 11.9 Å². The second-order valence-electron chi connectivity index (χ2n) is 5.36. The van der Waals surface area contributed by atoms with Crippen LogP contribution in [0.2, 0.25) is 0 Å². The van der Waals surface area contributed by atoms with Crippen molar-refractivity contribution in [3.8, 4) is 11.8 Å². The van der Waals surface area contributed by atoms with Crippen LogP contribution in [0.5, 0.6) is 0 Å². The van der Waals surface area contributed by atoms with Gasteiger partial charge >= 0.3 is 0 Å². The number of carbonyl (C=O) groups excluding carboxylic acids is 1. The molecule has 0 N–H and O–H groups in total. The van der Waals surface area contributed by atoms with E-state index in [9.17, 15) is 4.79 Å². The van der Waals surface area contributed by atoms with Gasteiger partial charge in [-0.2, -0.15) is 0 Å². The fourth-order valence-electron chi connectivity index (χ4n) is 2.42. The first-order valence-corrected chi connectivity index (χ1v) is 7.75. The topological polar surface area (TPSA) is 20.3 Å². The maximum Gasteiger partial charge on any atom is 0.258 e. The number of para-hydroxylation sites is 1. The van der Waals surface area contributed by atoms with Crippen LogP contribution in [0, 0.1) is 11.8 Å². The number of amides is 1. The van der Waals surface area contributed by atoms with E-state index in [0.29, 0.717) is 5.56 Å². The van der Waals surface area contributed by atoms with Crippen LogP contribution in [0.1, 0.15) is 21.5 Å². The number of carbonyl (C=O) groups is 1. The van der Waals surface area contributed by atoms with Crippen molar-refractivity contribution in [3.63, 3.8) is 0 Å². The molecule has 2 heteroatoms. The highest BCUT2D eigenvalue weighted by Crippen LogP contribution is 2.20. The summed E-state index contributed by atoms with van der Waals surface area (Å²) in [4.78, 5) is 14.3. The minimum absolute atomic E-state index is 0.0513. The van der Waals surface area contributed by atoms with E-state index in [-0.39, 0.29) is 5.91 Å². The Balaban J connectivity index is 1.92. The molecule has 0 bridgehead atoms. The smallest absolute Gasteiger partial charge is 0.258 e. The molecule has 1 amide bonds. The zero-order valence-electron chi connectivity index (χ0n) is 13.4. The lowest BCUT2D eigenvalue weighted by Crippen LogP contribution is -2.26. The quantitative estimate of drug-likeness (QED) is 0.644. The van der Waals surface area contributed by atoms with Crippen LogP contribution in [0.3, 0.4) is 0 Å². The summed E-state index contributed by atoms with van der Waals surface area (Å²) in [6.45, 7) is 0. The van der Waals surface area contributed by atoms with Gasteiger partial charge in [-0.1, -0.05) is 60.4 Å². The third kappa shape index (κ3) is 3.53. The molecule has 2 nitrogen and oxygen atoms in total. The molecular formula is C22H17NO. The van der Waals surface area contributed by atoms with Gasteiger partial charge in [0.1, 0.15) is 0 Å². The minimum Gasteiger partial charge on any atom is -0.310 e. The molecular weight excluding hydrogens is 294 g/mol. The van der Waals surface area contributed by atoms with Crippen molar-refractivity contribution >= 4 is 11.6 Å². The Morgan fingerprint density at radius 1 is 0.750 bits per heavy atom. The van der Waals surface area contributed by atoms with Gasteiger partial charge in [0.05, 0.1) is 5.69 Å². The molecule has 3 aromatic rings. The number of nitrogens with zero attached hydrogens (tertiary/aromatic N) is 1. The van der Waals surface area contributed by atoms with Gasteiger partial charge < -0.3 is 4.90 Å². The van der Waals surface area contributed by atoms with E-state index < -0.39 is 0 Å². The third-order valence-corrected chi connectivity index (χ3v) is 3.71. The van der Waals surface area contributed by atoms with Gasteiger partial charge in [-0.05, 0) is 36.4 Å². The Kier molecular flexibility index (Phi) is 4.74. The Morgan fingerprint density at radius 3 is 2.04 bits per heavy atom. The molecule has 116 valence electrons. The maximum absolute atomic E-state index is 12.6. The first-order valence-electron chi connectivity index (χ1n) is 7.75. The summed E-state index contributed by atoms with van der Waals surface area (Å²) in [6.07, 6.45) is 0. The summed E-state index contributed by atoms with van der Waals surface area (Å²) < 4.78 is 0. The van der Waals surface area contributed by atoms with Crippen LogP contribution in [-0.4, -0.2) is 13.0 Å². The molecule has 3 rings (SSSR count). The van der Waals surface area contributed by atoms with Gasteiger partial charge in [-0.25, -0.2) is 0 Å². The molecule has 0 unspecified atom stereocenters. The predicted molar refractivity (Wildman–Crippen MR) is 98.0 cm³/mol. The molecule has 3 aromatic carbocycles. The molecule has 0 aliphatic heterocycles. The van der Waals surface area contributed by atoms with E-state index in [1.807, 2.05) is 84.9 Å². The molecule has 0 radical (unpaired) electrons. The summed E-state index contributed by atoms with van der Waals surface area (Å²) in [5.41, 5.74) is 3.23. The predicted octanol–water partition coefficient (Wildman–Crippen LogP) is 4.36. The van der Waals surface area contributed by atoms with E-state index in [4.69, 9.17) is 0 Å². The van der Waals surface area contributed by atoms with Gasteiger partial charge in [0.15, 0.2) is 0 Å². The molecule has 0 saturated heterocycles. The Morgan fingerprint density at radius 2 is 1.33 bits per heavy atom. The normalized spacial score (nSPS) is 9.71. The summed E-state index contributed by atoms with van der Waals surface area (Å²) in [6, 6.07) is 26.8. The van der Waals surface area contributed by atoms with Crippen LogP contribution in [0.4, 0.5) is 5.69 Å². The van der Waals surface area contributed by atoms with Gasteiger partial charge in [-0.3, -0.25) is 4.79 Å². The molecule has 0 fully saturated rings. The summed E-state index contributed by atoms with van der Waals surface area (Å²) >= 11 is 0. The molecule has 0 spiro atoms. The zero-order chi connectivity index (χ0) is 16.8. The SMILES string of the molecule is CN(C(=O)c1ccccc1)c1ccccc1C#Cc1ccccc1. The fourth-order valence-corrected chi connectivity index (χ4v) is 2.42. The van der Waals surface area contributed by atoms with Crippen molar-refractivity contribution in [1.82, 2.24) is 0 Å². The van der Waals surface area contributed by atoms with Crippen molar-refractivity contribution in [2.45, 2.75) is 0 Å². The fraction of sp³-hybridized carbons (Fsp3) is 0.0455. The van der Waals surface area contributed by atoms with Crippen molar-refractivity contribution in [3.05, 3.63) is 102 Å². The average molecular weight is 311 g/mol. The lowest BCUT2D eigenvalue weighted by molar-refractivity contribution is 0.0993. The summed E-state index contributed by atoms with van der Waals surface area (Å²) in [5, 5.41) is 0. The highest BCUT2D eigenvalue weighted by atomic mass is 16.2. The highest BCUT2D eigenvalue weighted by molar-refractivity contribution is 6.06. The first kappa shape index (κ1) is 15.6. The van der Waals surface area contributed by atoms with Gasteiger partial charge in [0.2, 0.25) is 0 Å². The lowest BCUT2D eigenvalue weighted by atomic mass is 10.1. The summed E-state index contributed by atoms with van der Waals surface area (Å²) in [5.74, 6) is 6.27. The highest BCUT2D eigenvalue weighted by Gasteiger charge is 2.15. The number of anilines is 1. The Labute approximate surface area is 142 Å². The van der Waals surface area contributed by atoms with E-state index in [1.165, 1.54) is 0 Å². The second-order valence-corrected chi connectivity index (χ2v) is 5.36. The lowest BCUT2D eigenvalue weighted by Gasteiger charge is -2.19. The number of rotatable bonds is 2. The monoisotopic (exact) mass is 311 g/mol. The molecule has 0 aliphatic carbocycles. The molecule has 24 heavy (non-hydrogen) atoms. The summed E-state index contributed by atoms with van der Waals surface area (Å²) in [7, 11) is 1.78. The van der Waals surface area contributed by atoms with Crippen molar-refractivity contribution < 1.29 is 4.79 Å². The van der Waals surface area contributed by atoms with Gasteiger partial charge in [0, 0.05) is 23.7 Å². The van der Waals surface area contributed by atoms with Crippen molar-refractivity contribution in [2.24, 2.45) is 0 Å². The maximum atomic E-state index is 12.6. The number of hydrogen-bond acceptors (Lipinski definition) is 1. The largest absolute Gasteiger partial charge is 0.310 e. The second kappa shape index (κ2) is 7.30. The van der Waals surface area contributed by atoms with E-state index in [0.717, 1.165) is 16.8 Å². The van der Waals surface area contributed by atoms with E-state index in [2.05, 4.69) is 11.8 Å². The van der Waals surface area contributed by atoms with Crippen LogP contribution >= 0.6 is 0 Å². The van der Waals surface area contributed by atoms with Crippen LogP contribution < -0.4 is 4.90 Å². The Bertz CT molecular complexity index is 889. The molecule has 0 heterocycles. The average Bonchev–Trinajstić information content (AvgIpc) is 2.67. The van der Waals surface area contributed by atoms with Crippen LogP contribution in [0.25, 0.3) is 0 Å². The van der Waals surface area contributed by atoms with Crippen LogP contribution in [0.15, 0.2) is 84.9 Å². The Hall–Kier alpha value is -3.31. The molecule has 0 saturated carbocycles. The standard InChI is InChI=1S/C22H17NO/c1-23(22(24)20-13-6-3-7-14-20)21-15-9-8-12-19(21)17-16-18-10-4-2-5-11-18/h2-15H,1H3. The van der Waals surface area contributed by atoms with Crippen molar-refractivity contribution in [1.29, 1.82) is 0 Å². The molecule has 0 atom stereocenters. The van der Waals surface area contributed by atoms with Gasteiger partial charge in [-0.15, -0.1) is 0 Å². The number of benzene rings is 3.